The third kappa shape index (κ3) is 3.98. The molecular formula is C20H20O6S. The highest BCUT2D eigenvalue weighted by Crippen LogP contribution is 2.41. The van der Waals surface area contributed by atoms with Crippen LogP contribution in [0, 0.1) is 0 Å². The summed E-state index contributed by atoms with van der Waals surface area (Å²) in [7, 11) is -2.81. The first-order valence-corrected chi connectivity index (χ1v) is 9.74. The molecule has 3 rings (SSSR count). The highest BCUT2D eigenvalue weighted by Gasteiger charge is 2.30. The Balaban J connectivity index is 2.17. The minimum Gasteiger partial charge on any atom is -0.485 e. The molecule has 1 aliphatic heterocycles. The van der Waals surface area contributed by atoms with Crippen LogP contribution >= 0.6 is 0 Å². The molecule has 0 N–H and O–H groups in total. The van der Waals surface area contributed by atoms with Crippen LogP contribution < -0.4 is 8.92 Å². The average molecular weight is 388 g/mol. The minimum atomic E-state index is -4.09. The molecule has 0 radical (unpaired) electrons. The van der Waals surface area contributed by atoms with Gasteiger partial charge in [0, 0.05) is 5.56 Å². The van der Waals surface area contributed by atoms with Crippen LogP contribution in [0.2, 0.25) is 0 Å². The van der Waals surface area contributed by atoms with Gasteiger partial charge in [-0.05, 0) is 37.1 Å². The fraction of sp³-hybridized carbons (Fsp3) is 0.250. The van der Waals surface area contributed by atoms with E-state index in [0.717, 1.165) is 5.57 Å². The van der Waals surface area contributed by atoms with Gasteiger partial charge in [0.2, 0.25) is 0 Å². The summed E-state index contributed by atoms with van der Waals surface area (Å²) in [6.45, 7) is 5.80. The summed E-state index contributed by atoms with van der Waals surface area (Å²) in [6.07, 6.45) is 0.292. The van der Waals surface area contributed by atoms with E-state index in [2.05, 4.69) is 6.58 Å². The van der Waals surface area contributed by atoms with Crippen LogP contribution in [0.4, 0.5) is 0 Å². The number of carbonyl (C=O) groups excluding carboxylic acids is 1. The Morgan fingerprint density at radius 2 is 2.00 bits per heavy atom. The van der Waals surface area contributed by atoms with Crippen LogP contribution in [0.15, 0.2) is 59.5 Å². The van der Waals surface area contributed by atoms with Crippen molar-refractivity contribution in [3.63, 3.8) is 0 Å². The molecule has 1 unspecified atom stereocenters. The maximum atomic E-state index is 12.8. The first kappa shape index (κ1) is 19.0. The van der Waals surface area contributed by atoms with Crippen molar-refractivity contribution in [1.82, 2.24) is 0 Å². The summed E-state index contributed by atoms with van der Waals surface area (Å²) in [5, 5.41) is 0. The zero-order valence-corrected chi connectivity index (χ0v) is 15.9. The number of carbonyl (C=O) groups is 1. The number of rotatable bonds is 4. The smallest absolute Gasteiger partial charge is 0.339 e. The zero-order chi connectivity index (χ0) is 19.6. The van der Waals surface area contributed by atoms with Crippen molar-refractivity contribution >= 4 is 16.1 Å². The Hall–Kier alpha value is -2.80. The summed E-state index contributed by atoms with van der Waals surface area (Å²) in [6, 6.07) is 11.3. The number of hydrogen-bond donors (Lipinski definition) is 0. The molecule has 0 spiro atoms. The molecule has 2 aromatic rings. The van der Waals surface area contributed by atoms with Crippen LogP contribution in [0.1, 0.15) is 30.4 Å². The SMILES string of the molecule is C=C(C)CC(C(=O)OC)c1cccc2c1OS(=O)(=O)c1cccc(c1)CO2. The fourth-order valence-corrected chi connectivity index (χ4v) is 3.97. The first-order valence-electron chi connectivity index (χ1n) is 8.33. The fourth-order valence-electron chi connectivity index (χ4n) is 2.93. The Morgan fingerprint density at radius 1 is 1.26 bits per heavy atom. The molecule has 6 nitrogen and oxygen atoms in total. The van der Waals surface area contributed by atoms with Gasteiger partial charge in [0.25, 0.3) is 0 Å². The maximum Gasteiger partial charge on any atom is 0.339 e. The number of benzene rings is 2. The topological polar surface area (TPSA) is 78.9 Å². The molecule has 0 fully saturated rings. The van der Waals surface area contributed by atoms with Gasteiger partial charge in [-0.1, -0.05) is 29.8 Å². The van der Waals surface area contributed by atoms with Crippen molar-refractivity contribution in [3.8, 4) is 11.5 Å². The highest BCUT2D eigenvalue weighted by molar-refractivity contribution is 7.87. The van der Waals surface area contributed by atoms with Crippen molar-refractivity contribution in [2.24, 2.45) is 0 Å². The molecule has 0 saturated heterocycles. The second-order valence-corrected chi connectivity index (χ2v) is 7.93. The molecule has 7 heteroatoms. The van der Waals surface area contributed by atoms with E-state index in [9.17, 15) is 13.2 Å². The largest absolute Gasteiger partial charge is 0.485 e. The van der Waals surface area contributed by atoms with Gasteiger partial charge in [-0.25, -0.2) is 0 Å². The van der Waals surface area contributed by atoms with Gasteiger partial charge in [-0.15, -0.1) is 6.58 Å². The number of ether oxygens (including phenoxy) is 2. The summed E-state index contributed by atoms with van der Waals surface area (Å²) in [5.41, 5.74) is 1.83. The Morgan fingerprint density at radius 3 is 2.70 bits per heavy atom. The van der Waals surface area contributed by atoms with E-state index in [-0.39, 0.29) is 23.0 Å². The van der Waals surface area contributed by atoms with Crippen molar-refractivity contribution in [3.05, 3.63) is 65.7 Å². The van der Waals surface area contributed by atoms with Crippen LogP contribution in [-0.2, 0) is 26.3 Å². The zero-order valence-electron chi connectivity index (χ0n) is 15.1. The van der Waals surface area contributed by atoms with E-state index in [0.29, 0.717) is 17.5 Å². The highest BCUT2D eigenvalue weighted by atomic mass is 32.2. The third-order valence-electron chi connectivity index (χ3n) is 4.20. The van der Waals surface area contributed by atoms with Crippen LogP contribution in [-0.4, -0.2) is 21.5 Å². The van der Waals surface area contributed by atoms with Gasteiger partial charge in [0.1, 0.15) is 11.5 Å². The van der Waals surface area contributed by atoms with Crippen LogP contribution in [0.3, 0.4) is 0 Å². The number of para-hydroxylation sites is 1. The quantitative estimate of drug-likeness (QED) is 0.453. The van der Waals surface area contributed by atoms with Crippen LogP contribution in [0.25, 0.3) is 0 Å². The molecule has 0 saturated carbocycles. The predicted molar refractivity (Wildman–Crippen MR) is 99.2 cm³/mol. The summed E-state index contributed by atoms with van der Waals surface area (Å²) < 4.78 is 41.6. The van der Waals surface area contributed by atoms with Gasteiger partial charge >= 0.3 is 16.1 Å². The molecule has 1 atom stereocenters. The number of hydrogen-bond acceptors (Lipinski definition) is 6. The minimum absolute atomic E-state index is 0.00315. The third-order valence-corrected chi connectivity index (χ3v) is 5.41. The van der Waals surface area contributed by atoms with E-state index < -0.39 is 22.0 Å². The molecule has 1 aliphatic rings. The van der Waals surface area contributed by atoms with Gasteiger partial charge in [-0.2, -0.15) is 8.42 Å². The summed E-state index contributed by atoms with van der Waals surface area (Å²) >= 11 is 0. The molecule has 1 heterocycles. The molecule has 0 aliphatic carbocycles. The van der Waals surface area contributed by atoms with Gasteiger partial charge in [0.15, 0.2) is 11.5 Å². The lowest BCUT2D eigenvalue weighted by molar-refractivity contribution is -0.142. The lowest BCUT2D eigenvalue weighted by Gasteiger charge is -2.20. The van der Waals surface area contributed by atoms with Gasteiger partial charge in [-0.3, -0.25) is 4.79 Å². The Kier molecular flexibility index (Phi) is 5.23. The molecule has 142 valence electrons. The van der Waals surface area contributed by atoms with Gasteiger partial charge < -0.3 is 13.7 Å². The van der Waals surface area contributed by atoms with E-state index in [1.807, 2.05) is 0 Å². The second kappa shape index (κ2) is 7.44. The van der Waals surface area contributed by atoms with E-state index >= 15 is 0 Å². The number of allylic oxidation sites excluding steroid dienone is 1. The summed E-state index contributed by atoms with van der Waals surface area (Å²) in [4.78, 5) is 12.4. The van der Waals surface area contributed by atoms with Crippen molar-refractivity contribution in [2.45, 2.75) is 30.8 Å². The lowest BCUT2D eigenvalue weighted by atomic mass is 9.92. The van der Waals surface area contributed by atoms with E-state index in [4.69, 9.17) is 13.7 Å². The van der Waals surface area contributed by atoms with Crippen molar-refractivity contribution < 1.29 is 26.9 Å². The van der Waals surface area contributed by atoms with E-state index in [1.165, 1.54) is 19.2 Å². The molecule has 0 amide bonds. The molecule has 27 heavy (non-hydrogen) atoms. The van der Waals surface area contributed by atoms with E-state index in [1.54, 1.807) is 37.3 Å². The Bertz CT molecular complexity index is 993. The molecule has 0 aromatic heterocycles. The monoisotopic (exact) mass is 388 g/mol. The molecule has 2 bridgehead atoms. The van der Waals surface area contributed by atoms with Crippen molar-refractivity contribution in [2.75, 3.05) is 7.11 Å². The molecule has 2 aromatic carbocycles. The lowest BCUT2D eigenvalue weighted by Crippen LogP contribution is -2.18. The Labute approximate surface area is 158 Å². The normalized spacial score (nSPS) is 15.6. The summed E-state index contributed by atoms with van der Waals surface area (Å²) in [5.74, 6) is -1.02. The number of methoxy groups -OCH3 is 1. The number of fused-ring (bicyclic) bond motifs is 3. The van der Waals surface area contributed by atoms with Crippen LogP contribution in [0.5, 0.6) is 11.5 Å². The predicted octanol–water partition coefficient (Wildman–Crippen LogP) is 3.57. The maximum absolute atomic E-state index is 12.8. The van der Waals surface area contributed by atoms with Crippen molar-refractivity contribution in [1.29, 1.82) is 0 Å². The van der Waals surface area contributed by atoms with Gasteiger partial charge in [0.05, 0.1) is 13.0 Å². The average Bonchev–Trinajstić information content (AvgIpc) is 2.67. The standard InChI is InChI=1S/C20H20O6S/c1-13(2)10-17(20(21)24-3)16-8-5-9-18-19(16)26-27(22,23)15-7-4-6-14(11-15)12-25-18/h4-9,11,17H,1,10,12H2,2-3H3. The first-order chi connectivity index (χ1) is 12.8. The second-order valence-electron chi connectivity index (χ2n) is 6.39. The number of esters is 1. The molecular weight excluding hydrogens is 368 g/mol.